The number of hydrogen-bond acceptors (Lipinski definition) is 3. The summed E-state index contributed by atoms with van der Waals surface area (Å²) in [7, 11) is 0. The molecular formula is C14H30N2O. The maximum Gasteiger partial charge on any atom is 0.0602 e. The van der Waals surface area contributed by atoms with E-state index in [0.29, 0.717) is 5.92 Å². The van der Waals surface area contributed by atoms with Gasteiger partial charge in [-0.2, -0.15) is 0 Å². The molecule has 102 valence electrons. The van der Waals surface area contributed by atoms with Gasteiger partial charge in [0.05, 0.1) is 6.61 Å². The van der Waals surface area contributed by atoms with Crippen LogP contribution in [0.15, 0.2) is 0 Å². The Hall–Kier alpha value is -0.120. The van der Waals surface area contributed by atoms with Crippen molar-refractivity contribution in [1.29, 1.82) is 0 Å². The summed E-state index contributed by atoms with van der Waals surface area (Å²) in [6.45, 7) is 8.94. The number of nitrogens with two attached hydrogens (primary N) is 1. The van der Waals surface area contributed by atoms with Crippen molar-refractivity contribution in [3.05, 3.63) is 0 Å². The van der Waals surface area contributed by atoms with E-state index in [4.69, 9.17) is 5.73 Å². The SMILES string of the molecule is CCCC1CCN(C(CO)C(N)C(C)C)CC1. The predicted octanol–water partition coefficient (Wildman–Crippen LogP) is 1.84. The van der Waals surface area contributed by atoms with Gasteiger partial charge in [-0.05, 0) is 37.8 Å². The average molecular weight is 242 g/mol. The van der Waals surface area contributed by atoms with Crippen LogP contribution in [0.3, 0.4) is 0 Å². The Morgan fingerprint density at radius 1 is 1.29 bits per heavy atom. The van der Waals surface area contributed by atoms with Crippen molar-refractivity contribution in [3.8, 4) is 0 Å². The van der Waals surface area contributed by atoms with Gasteiger partial charge in [-0.15, -0.1) is 0 Å². The van der Waals surface area contributed by atoms with E-state index >= 15 is 0 Å². The Morgan fingerprint density at radius 3 is 2.29 bits per heavy atom. The van der Waals surface area contributed by atoms with Crippen molar-refractivity contribution in [2.24, 2.45) is 17.6 Å². The first-order valence-electron chi connectivity index (χ1n) is 7.20. The molecule has 3 N–H and O–H groups in total. The van der Waals surface area contributed by atoms with Gasteiger partial charge in [-0.25, -0.2) is 0 Å². The second-order valence-electron chi connectivity index (χ2n) is 5.84. The van der Waals surface area contributed by atoms with Crippen LogP contribution in [0.5, 0.6) is 0 Å². The van der Waals surface area contributed by atoms with Crippen molar-refractivity contribution in [2.45, 2.75) is 58.5 Å². The third-order valence-corrected chi connectivity index (χ3v) is 4.22. The molecule has 0 aromatic rings. The van der Waals surface area contributed by atoms with Gasteiger partial charge < -0.3 is 10.8 Å². The van der Waals surface area contributed by atoms with Crippen molar-refractivity contribution in [3.63, 3.8) is 0 Å². The molecule has 1 aliphatic rings. The van der Waals surface area contributed by atoms with Gasteiger partial charge in [-0.1, -0.05) is 33.6 Å². The van der Waals surface area contributed by atoms with E-state index in [1.807, 2.05) is 0 Å². The van der Waals surface area contributed by atoms with E-state index in [9.17, 15) is 5.11 Å². The minimum absolute atomic E-state index is 0.0859. The summed E-state index contributed by atoms with van der Waals surface area (Å²) in [5.41, 5.74) is 6.19. The standard InChI is InChI=1S/C14H30N2O/c1-4-5-12-6-8-16(9-7-12)13(10-17)14(15)11(2)3/h11-14,17H,4-10,15H2,1-3H3. The lowest BCUT2D eigenvalue weighted by Gasteiger charge is -2.40. The lowest BCUT2D eigenvalue weighted by molar-refractivity contribution is 0.0606. The Bertz CT molecular complexity index is 200. The number of aliphatic hydroxyl groups excluding tert-OH is 1. The molecule has 17 heavy (non-hydrogen) atoms. The Labute approximate surface area is 106 Å². The molecule has 0 radical (unpaired) electrons. The maximum absolute atomic E-state index is 9.55. The van der Waals surface area contributed by atoms with Crippen LogP contribution < -0.4 is 5.73 Å². The van der Waals surface area contributed by atoms with Gasteiger partial charge >= 0.3 is 0 Å². The number of rotatable bonds is 6. The van der Waals surface area contributed by atoms with Crippen LogP contribution in [-0.4, -0.2) is 41.8 Å². The normalized spacial score (nSPS) is 22.9. The van der Waals surface area contributed by atoms with Gasteiger partial charge in [0.1, 0.15) is 0 Å². The van der Waals surface area contributed by atoms with Gasteiger partial charge in [0.15, 0.2) is 0 Å². The fourth-order valence-electron chi connectivity index (χ4n) is 2.91. The molecule has 2 atom stereocenters. The molecule has 1 saturated heterocycles. The first-order chi connectivity index (χ1) is 8.10. The largest absolute Gasteiger partial charge is 0.395 e. The number of piperidine rings is 1. The Balaban J connectivity index is 2.45. The minimum Gasteiger partial charge on any atom is -0.395 e. The molecule has 2 unspecified atom stereocenters. The fraction of sp³-hybridized carbons (Fsp3) is 1.00. The molecule has 0 spiro atoms. The monoisotopic (exact) mass is 242 g/mol. The predicted molar refractivity (Wildman–Crippen MR) is 72.9 cm³/mol. The fourth-order valence-corrected chi connectivity index (χ4v) is 2.91. The number of nitrogens with zero attached hydrogens (tertiary/aromatic N) is 1. The summed E-state index contributed by atoms with van der Waals surface area (Å²) < 4.78 is 0. The van der Waals surface area contributed by atoms with Gasteiger partial charge in [0, 0.05) is 12.1 Å². The molecule has 0 saturated carbocycles. The van der Waals surface area contributed by atoms with Crippen LogP contribution in [0.1, 0.15) is 46.5 Å². The van der Waals surface area contributed by atoms with Crippen LogP contribution in [0.2, 0.25) is 0 Å². The molecule has 3 nitrogen and oxygen atoms in total. The first-order valence-corrected chi connectivity index (χ1v) is 7.20. The van der Waals surface area contributed by atoms with Crippen molar-refractivity contribution in [2.75, 3.05) is 19.7 Å². The lowest BCUT2D eigenvalue weighted by Crippen LogP contribution is -2.54. The van der Waals surface area contributed by atoms with Gasteiger partial charge in [-0.3, -0.25) is 4.90 Å². The van der Waals surface area contributed by atoms with Crippen LogP contribution in [-0.2, 0) is 0 Å². The van der Waals surface area contributed by atoms with Crippen molar-refractivity contribution in [1.82, 2.24) is 4.90 Å². The highest BCUT2D eigenvalue weighted by Gasteiger charge is 2.29. The molecule has 1 aliphatic heterocycles. The maximum atomic E-state index is 9.55. The van der Waals surface area contributed by atoms with Crippen LogP contribution in [0.25, 0.3) is 0 Å². The number of hydrogen-bond donors (Lipinski definition) is 2. The van der Waals surface area contributed by atoms with E-state index in [-0.39, 0.29) is 18.7 Å². The summed E-state index contributed by atoms with van der Waals surface area (Å²) in [4.78, 5) is 2.40. The summed E-state index contributed by atoms with van der Waals surface area (Å²) in [6, 6.07) is 0.236. The van der Waals surface area contributed by atoms with Gasteiger partial charge in [0.2, 0.25) is 0 Å². The molecule has 3 heteroatoms. The summed E-state index contributed by atoms with van der Waals surface area (Å²) in [5, 5.41) is 9.55. The van der Waals surface area contributed by atoms with Crippen molar-refractivity contribution < 1.29 is 5.11 Å². The number of likely N-dealkylation sites (tertiary alicyclic amines) is 1. The average Bonchev–Trinajstić information content (AvgIpc) is 2.32. The Morgan fingerprint density at radius 2 is 1.88 bits per heavy atom. The molecule has 1 fully saturated rings. The molecular weight excluding hydrogens is 212 g/mol. The van der Waals surface area contributed by atoms with Crippen LogP contribution in [0.4, 0.5) is 0 Å². The molecule has 1 heterocycles. The zero-order valence-electron chi connectivity index (χ0n) is 11.7. The van der Waals surface area contributed by atoms with Crippen LogP contribution in [0, 0.1) is 11.8 Å². The molecule has 1 rings (SSSR count). The van der Waals surface area contributed by atoms with E-state index in [2.05, 4.69) is 25.7 Å². The quantitative estimate of drug-likeness (QED) is 0.747. The minimum atomic E-state index is 0.0859. The second-order valence-corrected chi connectivity index (χ2v) is 5.84. The van der Waals surface area contributed by atoms with E-state index in [0.717, 1.165) is 19.0 Å². The Kier molecular flexibility index (Phi) is 6.45. The zero-order valence-corrected chi connectivity index (χ0v) is 11.7. The highest BCUT2D eigenvalue weighted by atomic mass is 16.3. The zero-order chi connectivity index (χ0) is 12.8. The summed E-state index contributed by atoms with van der Waals surface area (Å²) in [6.07, 6.45) is 5.19. The lowest BCUT2D eigenvalue weighted by atomic mass is 9.89. The highest BCUT2D eigenvalue weighted by molar-refractivity contribution is 4.86. The molecule has 0 aromatic heterocycles. The molecule has 0 aromatic carbocycles. The number of aliphatic hydroxyl groups is 1. The van der Waals surface area contributed by atoms with Gasteiger partial charge in [0.25, 0.3) is 0 Å². The van der Waals surface area contributed by atoms with E-state index in [1.165, 1.54) is 25.7 Å². The molecule has 0 aliphatic carbocycles. The molecule has 0 bridgehead atoms. The van der Waals surface area contributed by atoms with E-state index in [1.54, 1.807) is 0 Å². The topological polar surface area (TPSA) is 49.5 Å². The smallest absolute Gasteiger partial charge is 0.0602 e. The van der Waals surface area contributed by atoms with E-state index < -0.39 is 0 Å². The summed E-state index contributed by atoms with van der Waals surface area (Å²) >= 11 is 0. The van der Waals surface area contributed by atoms with Crippen LogP contribution >= 0.6 is 0 Å². The second kappa shape index (κ2) is 7.34. The third-order valence-electron chi connectivity index (χ3n) is 4.22. The van der Waals surface area contributed by atoms with Crippen molar-refractivity contribution >= 4 is 0 Å². The highest BCUT2D eigenvalue weighted by Crippen LogP contribution is 2.24. The summed E-state index contributed by atoms with van der Waals surface area (Å²) in [5.74, 6) is 1.33. The first kappa shape index (κ1) is 14.9. The third kappa shape index (κ3) is 4.23. The molecule has 0 amide bonds.